The maximum atomic E-state index is 13.4. The van der Waals surface area contributed by atoms with Crippen LogP contribution in [0.15, 0.2) is 6.07 Å². The Morgan fingerprint density at radius 1 is 1.62 bits per heavy atom. The van der Waals surface area contributed by atoms with Crippen molar-refractivity contribution in [1.29, 1.82) is 0 Å². The fraction of sp³-hybridized carbons (Fsp3) is 0.333. The predicted octanol–water partition coefficient (Wildman–Crippen LogP) is 2.48. The number of ether oxygens (including phenoxy) is 1. The minimum Gasteiger partial charge on any atom is -0.469 e. The molecule has 0 aliphatic carbocycles. The predicted molar refractivity (Wildman–Crippen MR) is 57.6 cm³/mol. The third-order valence-corrected chi connectivity index (χ3v) is 2.35. The van der Waals surface area contributed by atoms with E-state index in [1.165, 1.54) is 0 Å². The van der Waals surface area contributed by atoms with Crippen LogP contribution in [-0.2, 0) is 16.0 Å². The lowest BCUT2D eigenvalue weighted by molar-refractivity contribution is -0.139. The maximum absolute atomic E-state index is 13.4. The number of aromatic nitrogens is 1. The lowest BCUT2D eigenvalue weighted by Gasteiger charge is -2.07. The minimum absolute atomic E-state index is 0.202. The zero-order chi connectivity index (χ0) is 12.3. The van der Waals surface area contributed by atoms with Crippen LogP contribution in [0.1, 0.15) is 17.7 Å². The molecule has 1 aromatic rings. The highest BCUT2D eigenvalue weighted by molar-refractivity contribution is 14.1. The zero-order valence-corrected chi connectivity index (χ0v) is 10.3. The first kappa shape index (κ1) is 13.2. The van der Waals surface area contributed by atoms with E-state index in [0.717, 1.165) is 13.2 Å². The number of alkyl halides is 2. The topological polar surface area (TPSA) is 39.2 Å². The lowest BCUT2D eigenvalue weighted by Crippen LogP contribution is -2.10. The molecule has 3 nitrogen and oxygen atoms in total. The van der Waals surface area contributed by atoms with Crippen LogP contribution in [0.3, 0.4) is 0 Å². The molecule has 1 aromatic heterocycles. The van der Waals surface area contributed by atoms with Crippen molar-refractivity contribution >= 4 is 28.6 Å². The van der Waals surface area contributed by atoms with Crippen molar-refractivity contribution in [2.75, 3.05) is 7.11 Å². The van der Waals surface area contributed by atoms with Crippen molar-refractivity contribution in [2.45, 2.75) is 12.8 Å². The molecule has 0 N–H and O–H groups in total. The Labute approximate surface area is 103 Å². The van der Waals surface area contributed by atoms with Gasteiger partial charge in [0.05, 0.1) is 24.8 Å². The van der Waals surface area contributed by atoms with Gasteiger partial charge in [-0.1, -0.05) is 0 Å². The number of methoxy groups -OCH3 is 1. The van der Waals surface area contributed by atoms with Crippen molar-refractivity contribution in [2.24, 2.45) is 0 Å². The van der Waals surface area contributed by atoms with E-state index in [4.69, 9.17) is 0 Å². The maximum Gasteiger partial charge on any atom is 0.311 e. The molecular formula is C9H7F3INO2. The largest absolute Gasteiger partial charge is 0.469 e. The Balaban J connectivity index is 3.14. The summed E-state index contributed by atoms with van der Waals surface area (Å²) >= 11 is 1.68. The minimum atomic E-state index is -2.94. The van der Waals surface area contributed by atoms with E-state index in [1.54, 1.807) is 22.6 Å². The average molecular weight is 345 g/mol. The molecule has 1 rings (SSSR count). The highest BCUT2D eigenvalue weighted by atomic mass is 127. The standard InChI is InChI=1S/C9H7F3INO2/c1-16-7(15)3-5-8(10)4(9(11)12)2-6(13)14-5/h2,9H,3H2,1H3. The summed E-state index contributed by atoms with van der Waals surface area (Å²) in [6.45, 7) is 0. The number of rotatable bonds is 3. The molecule has 0 saturated carbocycles. The molecule has 0 amide bonds. The van der Waals surface area contributed by atoms with E-state index < -0.39 is 30.2 Å². The van der Waals surface area contributed by atoms with Crippen LogP contribution >= 0.6 is 22.6 Å². The summed E-state index contributed by atoms with van der Waals surface area (Å²) < 4.78 is 42.8. The van der Waals surface area contributed by atoms with Crippen molar-refractivity contribution in [3.8, 4) is 0 Å². The fourth-order valence-electron chi connectivity index (χ4n) is 1.05. The van der Waals surface area contributed by atoms with E-state index in [2.05, 4.69) is 9.72 Å². The number of halogens is 4. The third kappa shape index (κ3) is 3.06. The quantitative estimate of drug-likeness (QED) is 0.480. The van der Waals surface area contributed by atoms with Gasteiger partial charge in [0.25, 0.3) is 6.43 Å². The molecule has 0 saturated heterocycles. The Kier molecular flexibility index (Phi) is 4.51. The first-order chi connectivity index (χ1) is 7.45. The second-order valence-corrected chi connectivity index (χ2v) is 3.95. The number of hydrogen-bond acceptors (Lipinski definition) is 3. The summed E-state index contributed by atoms with van der Waals surface area (Å²) in [5, 5.41) is 0. The third-order valence-electron chi connectivity index (χ3n) is 1.80. The Hall–Kier alpha value is -0.860. The SMILES string of the molecule is COC(=O)Cc1nc(I)cc(C(F)F)c1F. The molecule has 0 atom stereocenters. The Bertz CT molecular complexity index is 412. The molecule has 0 bridgehead atoms. The summed E-state index contributed by atoms with van der Waals surface area (Å²) in [5.74, 6) is -1.88. The highest BCUT2D eigenvalue weighted by Gasteiger charge is 2.20. The van der Waals surface area contributed by atoms with Crippen molar-refractivity contribution in [1.82, 2.24) is 4.98 Å². The van der Waals surface area contributed by atoms with E-state index in [0.29, 0.717) is 0 Å². The lowest BCUT2D eigenvalue weighted by atomic mass is 10.2. The molecule has 1 heterocycles. The van der Waals surface area contributed by atoms with Gasteiger partial charge in [-0.05, 0) is 28.7 Å². The van der Waals surface area contributed by atoms with Crippen molar-refractivity contribution < 1.29 is 22.7 Å². The summed E-state index contributed by atoms with van der Waals surface area (Å²) in [6, 6.07) is 0.946. The first-order valence-corrected chi connectivity index (χ1v) is 5.23. The van der Waals surface area contributed by atoms with E-state index >= 15 is 0 Å². The van der Waals surface area contributed by atoms with Gasteiger partial charge >= 0.3 is 5.97 Å². The normalized spacial score (nSPS) is 10.6. The molecule has 0 unspecified atom stereocenters. The van der Waals surface area contributed by atoms with Gasteiger partial charge in [-0.25, -0.2) is 18.2 Å². The molecule has 0 aliphatic rings. The van der Waals surface area contributed by atoms with Crippen LogP contribution in [-0.4, -0.2) is 18.1 Å². The molecule has 0 aliphatic heterocycles. The fourth-order valence-corrected chi connectivity index (χ4v) is 1.68. The molecule has 0 spiro atoms. The Morgan fingerprint density at radius 3 is 2.75 bits per heavy atom. The number of carbonyl (C=O) groups excluding carboxylic acids is 1. The van der Waals surface area contributed by atoms with E-state index in [-0.39, 0.29) is 9.39 Å². The number of carbonyl (C=O) groups is 1. The van der Waals surface area contributed by atoms with Gasteiger partial charge in [-0.3, -0.25) is 4.79 Å². The van der Waals surface area contributed by atoms with Gasteiger partial charge in [0.1, 0.15) is 3.70 Å². The Morgan fingerprint density at radius 2 is 2.25 bits per heavy atom. The van der Waals surface area contributed by atoms with Gasteiger partial charge in [0.15, 0.2) is 5.82 Å². The smallest absolute Gasteiger partial charge is 0.311 e. The van der Waals surface area contributed by atoms with Gasteiger partial charge in [0, 0.05) is 0 Å². The monoisotopic (exact) mass is 345 g/mol. The number of hydrogen-bond donors (Lipinski definition) is 0. The van der Waals surface area contributed by atoms with Crippen LogP contribution in [0.2, 0.25) is 0 Å². The molecule has 88 valence electrons. The van der Waals surface area contributed by atoms with Crippen LogP contribution in [0.25, 0.3) is 0 Å². The molecule has 0 aromatic carbocycles. The van der Waals surface area contributed by atoms with Crippen LogP contribution < -0.4 is 0 Å². The van der Waals surface area contributed by atoms with Gasteiger partial charge in [-0.15, -0.1) is 0 Å². The second-order valence-electron chi connectivity index (χ2n) is 2.85. The van der Waals surface area contributed by atoms with Gasteiger partial charge in [0.2, 0.25) is 0 Å². The molecule has 16 heavy (non-hydrogen) atoms. The van der Waals surface area contributed by atoms with Crippen LogP contribution in [0.5, 0.6) is 0 Å². The summed E-state index contributed by atoms with van der Waals surface area (Å²) in [7, 11) is 1.13. The summed E-state index contributed by atoms with van der Waals surface area (Å²) in [5.41, 5.74) is -1.08. The second kappa shape index (κ2) is 5.46. The van der Waals surface area contributed by atoms with Crippen molar-refractivity contribution in [3.63, 3.8) is 0 Å². The highest BCUT2D eigenvalue weighted by Crippen LogP contribution is 2.25. The van der Waals surface area contributed by atoms with Crippen LogP contribution in [0, 0.1) is 9.52 Å². The van der Waals surface area contributed by atoms with Gasteiger partial charge in [-0.2, -0.15) is 0 Å². The van der Waals surface area contributed by atoms with Crippen molar-refractivity contribution in [3.05, 3.63) is 26.8 Å². The summed E-state index contributed by atoms with van der Waals surface area (Å²) in [6.07, 6.45) is -3.40. The van der Waals surface area contributed by atoms with E-state index in [9.17, 15) is 18.0 Å². The summed E-state index contributed by atoms with van der Waals surface area (Å²) in [4.78, 5) is 14.6. The number of esters is 1. The number of pyridine rings is 1. The molecule has 7 heteroatoms. The average Bonchev–Trinajstić information content (AvgIpc) is 2.22. The van der Waals surface area contributed by atoms with Gasteiger partial charge < -0.3 is 4.74 Å². The molecule has 0 radical (unpaired) electrons. The van der Waals surface area contributed by atoms with Crippen LogP contribution in [0.4, 0.5) is 13.2 Å². The number of nitrogens with zero attached hydrogens (tertiary/aromatic N) is 1. The zero-order valence-electron chi connectivity index (χ0n) is 8.14. The van der Waals surface area contributed by atoms with E-state index in [1.807, 2.05) is 0 Å². The molecular weight excluding hydrogens is 338 g/mol. The first-order valence-electron chi connectivity index (χ1n) is 4.15. The molecule has 0 fully saturated rings.